The summed E-state index contributed by atoms with van der Waals surface area (Å²) in [6, 6.07) is 22.6. The van der Waals surface area contributed by atoms with Crippen LogP contribution in [0.1, 0.15) is 23.1 Å². The predicted molar refractivity (Wildman–Crippen MR) is 99.7 cm³/mol. The van der Waals surface area contributed by atoms with Crippen molar-refractivity contribution in [2.45, 2.75) is 18.8 Å². The van der Waals surface area contributed by atoms with Crippen LogP contribution in [-0.4, -0.2) is 16.8 Å². The van der Waals surface area contributed by atoms with Gasteiger partial charge in [-0.3, -0.25) is 9.59 Å². The van der Waals surface area contributed by atoms with Crippen molar-refractivity contribution in [2.24, 2.45) is 0 Å². The highest BCUT2D eigenvalue weighted by atomic mass is 16.2. The number of benzene rings is 2. The third kappa shape index (κ3) is 2.42. The first kappa shape index (κ1) is 16.2. The molecule has 4 heteroatoms. The Morgan fingerprint density at radius 1 is 0.846 bits per heavy atom. The fraction of sp³-hybridized carbons (Fsp3) is 0.136. The molecule has 3 aromatic rings. The maximum Gasteiger partial charge on any atom is 0.250 e. The molecule has 1 fully saturated rings. The molecule has 0 radical (unpaired) electrons. The first-order chi connectivity index (χ1) is 12.6. The highest BCUT2D eigenvalue weighted by Gasteiger charge is 2.54. The quantitative estimate of drug-likeness (QED) is 0.683. The third-order valence-electron chi connectivity index (χ3n) is 4.89. The van der Waals surface area contributed by atoms with Gasteiger partial charge in [-0.2, -0.15) is 0 Å². The van der Waals surface area contributed by atoms with E-state index in [1.54, 1.807) is 12.3 Å². The van der Waals surface area contributed by atoms with Crippen LogP contribution >= 0.6 is 0 Å². The second kappa shape index (κ2) is 6.23. The van der Waals surface area contributed by atoms with Crippen LogP contribution in [-0.2, 0) is 15.0 Å². The topological polar surface area (TPSA) is 50.3 Å². The Labute approximate surface area is 152 Å². The Hall–Kier alpha value is -3.27. The molecular formula is C22H18N2O2. The zero-order chi connectivity index (χ0) is 18.1. The van der Waals surface area contributed by atoms with E-state index in [9.17, 15) is 9.59 Å². The molecule has 1 aliphatic heterocycles. The van der Waals surface area contributed by atoms with Crippen LogP contribution in [0.4, 0.5) is 5.82 Å². The lowest BCUT2D eigenvalue weighted by atomic mass is 9.73. The Bertz CT molecular complexity index is 911. The van der Waals surface area contributed by atoms with Gasteiger partial charge in [0, 0.05) is 6.20 Å². The minimum atomic E-state index is -1.02. The summed E-state index contributed by atoms with van der Waals surface area (Å²) in [6.07, 6.45) is 1.76. The molecule has 2 aromatic carbocycles. The largest absolute Gasteiger partial charge is 0.274 e. The highest BCUT2D eigenvalue weighted by Crippen LogP contribution is 2.43. The molecule has 0 spiro atoms. The summed E-state index contributed by atoms with van der Waals surface area (Å²) in [6.45, 7) is 1.92. The molecule has 0 atom stereocenters. The Kier molecular flexibility index (Phi) is 3.88. The molecular weight excluding hydrogens is 324 g/mol. The summed E-state index contributed by atoms with van der Waals surface area (Å²) in [5.74, 6) is -0.116. The minimum absolute atomic E-state index is 0.0927. The van der Waals surface area contributed by atoms with Crippen molar-refractivity contribution in [3.05, 3.63) is 95.7 Å². The molecule has 1 saturated heterocycles. The van der Waals surface area contributed by atoms with Crippen molar-refractivity contribution in [1.29, 1.82) is 0 Å². The van der Waals surface area contributed by atoms with Gasteiger partial charge in [-0.1, -0.05) is 66.7 Å². The van der Waals surface area contributed by atoms with E-state index in [-0.39, 0.29) is 18.2 Å². The average molecular weight is 342 g/mol. The van der Waals surface area contributed by atoms with Crippen molar-refractivity contribution >= 4 is 17.6 Å². The van der Waals surface area contributed by atoms with Gasteiger partial charge in [0.05, 0.1) is 6.42 Å². The molecule has 0 aliphatic carbocycles. The van der Waals surface area contributed by atoms with Gasteiger partial charge in [-0.25, -0.2) is 9.88 Å². The Balaban J connectivity index is 1.89. The van der Waals surface area contributed by atoms with E-state index in [2.05, 4.69) is 4.98 Å². The molecule has 0 saturated carbocycles. The Morgan fingerprint density at radius 3 is 1.92 bits per heavy atom. The number of pyridine rings is 1. The number of aryl methyl sites for hydroxylation is 1. The molecule has 26 heavy (non-hydrogen) atoms. The number of aromatic nitrogens is 1. The zero-order valence-corrected chi connectivity index (χ0v) is 14.4. The fourth-order valence-corrected chi connectivity index (χ4v) is 3.57. The molecule has 1 aliphatic rings. The number of imide groups is 1. The molecule has 4 nitrogen and oxygen atoms in total. The molecule has 0 bridgehead atoms. The van der Waals surface area contributed by atoms with Gasteiger partial charge >= 0.3 is 0 Å². The number of rotatable bonds is 3. The van der Waals surface area contributed by atoms with Gasteiger partial charge < -0.3 is 0 Å². The van der Waals surface area contributed by atoms with E-state index < -0.39 is 5.41 Å². The van der Waals surface area contributed by atoms with Gasteiger partial charge in [0.2, 0.25) is 5.91 Å². The number of anilines is 1. The van der Waals surface area contributed by atoms with Crippen LogP contribution in [0.25, 0.3) is 0 Å². The summed E-state index contributed by atoms with van der Waals surface area (Å²) in [5, 5.41) is 0. The average Bonchev–Trinajstić information content (AvgIpc) is 2.95. The van der Waals surface area contributed by atoms with Crippen molar-refractivity contribution < 1.29 is 9.59 Å². The van der Waals surface area contributed by atoms with E-state index in [0.717, 1.165) is 16.7 Å². The fourth-order valence-electron chi connectivity index (χ4n) is 3.57. The lowest BCUT2D eigenvalue weighted by Gasteiger charge is -2.28. The van der Waals surface area contributed by atoms with Gasteiger partial charge in [0.15, 0.2) is 0 Å². The Morgan fingerprint density at radius 2 is 1.42 bits per heavy atom. The van der Waals surface area contributed by atoms with Crippen molar-refractivity contribution in [1.82, 2.24) is 4.98 Å². The summed E-state index contributed by atoms with van der Waals surface area (Å²) in [5.41, 5.74) is 1.59. The lowest BCUT2D eigenvalue weighted by Crippen LogP contribution is -2.39. The molecule has 2 amide bonds. The van der Waals surface area contributed by atoms with Gasteiger partial charge in [0.25, 0.3) is 5.91 Å². The predicted octanol–water partition coefficient (Wildman–Crippen LogP) is 3.64. The normalized spacial score (nSPS) is 16.1. The summed E-state index contributed by atoms with van der Waals surface area (Å²) >= 11 is 0. The standard InChI is InChI=1S/C22H18N2O2/c1-16-12-13-19(23-15-16)24-20(25)14-22(21(24)26,17-8-4-2-5-9-17)18-10-6-3-7-11-18/h2-13,15H,14H2,1H3. The maximum atomic E-state index is 13.6. The van der Waals surface area contributed by atoms with Crippen molar-refractivity contribution in [3.63, 3.8) is 0 Å². The van der Waals surface area contributed by atoms with E-state index >= 15 is 0 Å². The van der Waals surface area contributed by atoms with Gasteiger partial charge in [0.1, 0.15) is 11.2 Å². The van der Waals surface area contributed by atoms with E-state index in [1.165, 1.54) is 4.90 Å². The minimum Gasteiger partial charge on any atom is -0.274 e. The van der Waals surface area contributed by atoms with Crippen LogP contribution in [0.3, 0.4) is 0 Å². The van der Waals surface area contributed by atoms with Crippen molar-refractivity contribution in [3.8, 4) is 0 Å². The smallest absolute Gasteiger partial charge is 0.250 e. The van der Waals surface area contributed by atoms with E-state index in [0.29, 0.717) is 5.82 Å². The second-order valence-corrected chi connectivity index (χ2v) is 6.54. The molecule has 0 N–H and O–H groups in total. The molecule has 4 rings (SSSR count). The van der Waals surface area contributed by atoms with Crippen LogP contribution in [0.2, 0.25) is 0 Å². The van der Waals surface area contributed by atoms with Gasteiger partial charge in [-0.15, -0.1) is 0 Å². The summed E-state index contributed by atoms with van der Waals surface area (Å²) in [4.78, 5) is 32.0. The number of amides is 2. The number of carbonyl (C=O) groups excluding carboxylic acids is 2. The molecule has 2 heterocycles. The molecule has 1 aromatic heterocycles. The first-order valence-corrected chi connectivity index (χ1v) is 8.54. The number of carbonyl (C=O) groups is 2. The lowest BCUT2D eigenvalue weighted by molar-refractivity contribution is -0.122. The zero-order valence-electron chi connectivity index (χ0n) is 14.4. The maximum absolute atomic E-state index is 13.6. The van der Waals surface area contributed by atoms with Crippen molar-refractivity contribution in [2.75, 3.05) is 4.90 Å². The third-order valence-corrected chi connectivity index (χ3v) is 4.89. The summed E-state index contributed by atoms with van der Waals surface area (Å²) in [7, 11) is 0. The van der Waals surface area contributed by atoms with Crippen LogP contribution in [0, 0.1) is 6.92 Å². The first-order valence-electron chi connectivity index (χ1n) is 8.54. The number of hydrogen-bond acceptors (Lipinski definition) is 3. The van der Waals surface area contributed by atoms with Crippen LogP contribution in [0.15, 0.2) is 79.0 Å². The number of hydrogen-bond donors (Lipinski definition) is 0. The SMILES string of the molecule is Cc1ccc(N2C(=O)CC(c3ccccc3)(c3ccccc3)C2=O)nc1. The summed E-state index contributed by atoms with van der Waals surface area (Å²) < 4.78 is 0. The molecule has 128 valence electrons. The monoisotopic (exact) mass is 342 g/mol. The van der Waals surface area contributed by atoms with Crippen LogP contribution < -0.4 is 4.90 Å². The van der Waals surface area contributed by atoms with E-state index in [4.69, 9.17) is 0 Å². The molecule has 0 unspecified atom stereocenters. The van der Waals surface area contributed by atoms with E-state index in [1.807, 2.05) is 73.7 Å². The highest BCUT2D eigenvalue weighted by molar-refractivity contribution is 6.25. The number of nitrogens with zero attached hydrogens (tertiary/aromatic N) is 2. The second-order valence-electron chi connectivity index (χ2n) is 6.54. The van der Waals surface area contributed by atoms with Gasteiger partial charge in [-0.05, 0) is 29.7 Å². The van der Waals surface area contributed by atoms with Crippen LogP contribution in [0.5, 0.6) is 0 Å².